The first kappa shape index (κ1) is 11.2. The molecule has 0 bridgehead atoms. The maximum Gasteiger partial charge on any atom is 0.321 e. The van der Waals surface area contributed by atoms with Crippen LogP contribution in [0.15, 0.2) is 16.8 Å². The highest BCUT2D eigenvalue weighted by Gasteiger charge is 2.35. The number of aliphatic carboxylic acids is 1. The van der Waals surface area contributed by atoms with Gasteiger partial charge in [0.15, 0.2) is 0 Å². The maximum absolute atomic E-state index is 11.0. The Hall–Kier alpha value is -0.870. The van der Waals surface area contributed by atoms with Crippen LogP contribution in [-0.2, 0) is 10.2 Å². The number of carbonyl (C=O) groups is 1. The Morgan fingerprint density at radius 3 is 2.64 bits per heavy atom. The first-order valence-corrected chi connectivity index (χ1v) is 5.37. The molecule has 1 aromatic rings. The fourth-order valence-electron chi connectivity index (χ4n) is 1.59. The van der Waals surface area contributed by atoms with Gasteiger partial charge < -0.3 is 10.4 Å². The van der Waals surface area contributed by atoms with Crippen LogP contribution in [0.2, 0.25) is 0 Å². The SMILES string of the molecule is CNC(C(=O)O)C(C)(C)c1ccsc1. The predicted octanol–water partition coefficient (Wildman–Crippen LogP) is 1.70. The van der Waals surface area contributed by atoms with Crippen molar-refractivity contribution in [2.24, 2.45) is 0 Å². The summed E-state index contributed by atoms with van der Waals surface area (Å²) in [4.78, 5) is 11.0. The molecule has 14 heavy (non-hydrogen) atoms. The first-order valence-electron chi connectivity index (χ1n) is 4.43. The summed E-state index contributed by atoms with van der Waals surface area (Å²) in [5, 5.41) is 15.8. The zero-order chi connectivity index (χ0) is 10.8. The molecule has 0 spiro atoms. The molecule has 0 aromatic carbocycles. The number of likely N-dealkylation sites (N-methyl/N-ethyl adjacent to an activating group) is 1. The van der Waals surface area contributed by atoms with Crippen molar-refractivity contribution in [2.75, 3.05) is 7.05 Å². The summed E-state index contributed by atoms with van der Waals surface area (Å²) in [5.41, 5.74) is 0.671. The van der Waals surface area contributed by atoms with Gasteiger partial charge in [-0.2, -0.15) is 11.3 Å². The first-order chi connectivity index (χ1) is 6.50. The van der Waals surface area contributed by atoms with Gasteiger partial charge in [0.25, 0.3) is 0 Å². The minimum Gasteiger partial charge on any atom is -0.480 e. The van der Waals surface area contributed by atoms with Gasteiger partial charge in [0, 0.05) is 5.41 Å². The van der Waals surface area contributed by atoms with Crippen molar-refractivity contribution in [1.29, 1.82) is 0 Å². The summed E-state index contributed by atoms with van der Waals surface area (Å²) >= 11 is 1.59. The van der Waals surface area contributed by atoms with E-state index in [1.54, 1.807) is 18.4 Å². The smallest absolute Gasteiger partial charge is 0.321 e. The van der Waals surface area contributed by atoms with Crippen molar-refractivity contribution in [3.63, 3.8) is 0 Å². The van der Waals surface area contributed by atoms with E-state index in [-0.39, 0.29) is 5.41 Å². The van der Waals surface area contributed by atoms with Crippen LogP contribution in [0.1, 0.15) is 19.4 Å². The molecule has 0 fully saturated rings. The van der Waals surface area contributed by atoms with Crippen molar-refractivity contribution in [3.8, 4) is 0 Å². The fourth-order valence-corrected chi connectivity index (χ4v) is 2.42. The van der Waals surface area contributed by atoms with Gasteiger partial charge in [-0.25, -0.2) is 0 Å². The van der Waals surface area contributed by atoms with Crippen molar-refractivity contribution in [2.45, 2.75) is 25.3 Å². The van der Waals surface area contributed by atoms with Gasteiger partial charge in [-0.05, 0) is 29.4 Å². The van der Waals surface area contributed by atoms with Crippen molar-refractivity contribution < 1.29 is 9.90 Å². The van der Waals surface area contributed by atoms with Crippen LogP contribution >= 0.6 is 11.3 Å². The molecular formula is C10H15NO2S. The third kappa shape index (κ3) is 1.96. The highest BCUT2D eigenvalue weighted by atomic mass is 32.1. The molecule has 0 amide bonds. The summed E-state index contributed by atoms with van der Waals surface area (Å²) in [6.45, 7) is 3.87. The number of rotatable bonds is 4. The van der Waals surface area contributed by atoms with Gasteiger partial charge in [-0.3, -0.25) is 4.79 Å². The van der Waals surface area contributed by atoms with Gasteiger partial charge in [0.05, 0.1) is 0 Å². The van der Waals surface area contributed by atoms with E-state index < -0.39 is 12.0 Å². The summed E-state index contributed by atoms with van der Waals surface area (Å²) in [5.74, 6) is -0.816. The molecule has 1 atom stereocenters. The Bertz CT molecular complexity index is 306. The van der Waals surface area contributed by atoms with E-state index in [0.29, 0.717) is 0 Å². The molecule has 0 saturated heterocycles. The van der Waals surface area contributed by atoms with Crippen LogP contribution in [0.3, 0.4) is 0 Å². The lowest BCUT2D eigenvalue weighted by atomic mass is 9.79. The van der Waals surface area contributed by atoms with Crippen LogP contribution in [0.5, 0.6) is 0 Å². The number of carboxylic acids is 1. The standard InChI is InChI=1S/C10H15NO2S/c1-10(2,7-4-5-14-6-7)8(11-3)9(12)13/h4-6,8,11H,1-3H3,(H,12,13). The zero-order valence-electron chi connectivity index (χ0n) is 8.57. The van der Waals surface area contributed by atoms with Crippen LogP contribution < -0.4 is 5.32 Å². The number of thiophene rings is 1. The lowest BCUT2D eigenvalue weighted by molar-refractivity contribution is -0.141. The summed E-state index contributed by atoms with van der Waals surface area (Å²) in [6.07, 6.45) is 0. The van der Waals surface area contributed by atoms with Gasteiger partial charge >= 0.3 is 5.97 Å². The van der Waals surface area contributed by atoms with Gasteiger partial charge in [0.1, 0.15) is 6.04 Å². The quantitative estimate of drug-likeness (QED) is 0.800. The lowest BCUT2D eigenvalue weighted by Gasteiger charge is -2.30. The molecule has 0 aliphatic carbocycles. The second-order valence-corrected chi connectivity index (χ2v) is 4.57. The molecular weight excluding hydrogens is 198 g/mol. The van der Waals surface area contributed by atoms with Crippen molar-refractivity contribution in [1.82, 2.24) is 5.32 Å². The normalized spacial score (nSPS) is 13.9. The minimum absolute atomic E-state index is 0.388. The number of hydrogen-bond donors (Lipinski definition) is 2. The number of carboxylic acid groups (broad SMARTS) is 1. The third-order valence-corrected chi connectivity index (χ3v) is 3.21. The molecule has 0 aliphatic rings. The summed E-state index contributed by atoms with van der Waals surface area (Å²) < 4.78 is 0. The minimum atomic E-state index is -0.816. The topological polar surface area (TPSA) is 49.3 Å². The predicted molar refractivity (Wildman–Crippen MR) is 57.8 cm³/mol. The zero-order valence-corrected chi connectivity index (χ0v) is 9.39. The van der Waals surface area contributed by atoms with E-state index in [0.717, 1.165) is 5.56 Å². The van der Waals surface area contributed by atoms with E-state index >= 15 is 0 Å². The number of hydrogen-bond acceptors (Lipinski definition) is 3. The highest BCUT2D eigenvalue weighted by molar-refractivity contribution is 7.08. The molecule has 2 N–H and O–H groups in total. The van der Waals surface area contributed by atoms with Crippen molar-refractivity contribution >= 4 is 17.3 Å². The Morgan fingerprint density at radius 2 is 2.29 bits per heavy atom. The highest BCUT2D eigenvalue weighted by Crippen LogP contribution is 2.28. The molecule has 3 nitrogen and oxygen atoms in total. The summed E-state index contributed by atoms with van der Waals surface area (Å²) in [7, 11) is 1.67. The largest absolute Gasteiger partial charge is 0.480 e. The van der Waals surface area contributed by atoms with E-state index in [9.17, 15) is 4.79 Å². The van der Waals surface area contributed by atoms with Crippen LogP contribution in [0.4, 0.5) is 0 Å². The van der Waals surface area contributed by atoms with Gasteiger partial charge in [-0.1, -0.05) is 13.8 Å². The Balaban J connectivity index is 2.99. The Morgan fingerprint density at radius 1 is 1.64 bits per heavy atom. The molecule has 1 rings (SSSR count). The van der Waals surface area contributed by atoms with E-state index in [1.807, 2.05) is 30.7 Å². The van der Waals surface area contributed by atoms with Crippen LogP contribution in [-0.4, -0.2) is 24.2 Å². The average Bonchev–Trinajstić information content (AvgIpc) is 2.55. The Labute approximate surface area is 87.8 Å². The lowest BCUT2D eigenvalue weighted by Crippen LogP contribution is -2.48. The van der Waals surface area contributed by atoms with Gasteiger partial charge in [-0.15, -0.1) is 0 Å². The third-order valence-electron chi connectivity index (χ3n) is 2.52. The second-order valence-electron chi connectivity index (χ2n) is 3.79. The summed E-state index contributed by atoms with van der Waals surface area (Å²) in [6, 6.07) is 1.41. The van der Waals surface area contributed by atoms with Crippen molar-refractivity contribution in [3.05, 3.63) is 22.4 Å². The van der Waals surface area contributed by atoms with E-state index in [1.165, 1.54) is 0 Å². The molecule has 1 aromatic heterocycles. The molecule has 0 aliphatic heterocycles. The fraction of sp³-hybridized carbons (Fsp3) is 0.500. The number of nitrogens with one attached hydrogen (secondary N) is 1. The molecule has 0 saturated carbocycles. The molecule has 1 heterocycles. The second kappa shape index (κ2) is 4.11. The monoisotopic (exact) mass is 213 g/mol. The average molecular weight is 213 g/mol. The van der Waals surface area contributed by atoms with E-state index in [2.05, 4.69) is 5.32 Å². The Kier molecular flexibility index (Phi) is 3.29. The van der Waals surface area contributed by atoms with E-state index in [4.69, 9.17) is 5.11 Å². The van der Waals surface area contributed by atoms with Crippen LogP contribution in [0.25, 0.3) is 0 Å². The molecule has 4 heteroatoms. The van der Waals surface area contributed by atoms with Gasteiger partial charge in [0.2, 0.25) is 0 Å². The molecule has 0 radical (unpaired) electrons. The molecule has 78 valence electrons. The molecule has 1 unspecified atom stereocenters. The maximum atomic E-state index is 11.0. The van der Waals surface area contributed by atoms with Crippen LogP contribution in [0, 0.1) is 0 Å².